The summed E-state index contributed by atoms with van der Waals surface area (Å²) in [6.45, 7) is 2.12. The van der Waals surface area contributed by atoms with E-state index in [2.05, 4.69) is 36.2 Å². The molecule has 0 saturated carbocycles. The molecule has 0 unspecified atom stereocenters. The van der Waals surface area contributed by atoms with Gasteiger partial charge in [0, 0.05) is 11.8 Å². The summed E-state index contributed by atoms with van der Waals surface area (Å²) in [6.07, 6.45) is 2.91. The lowest BCUT2D eigenvalue weighted by atomic mass is 10.2. The first-order chi connectivity index (χ1) is 15.7. The van der Waals surface area contributed by atoms with E-state index in [0.717, 1.165) is 38.9 Å². The van der Waals surface area contributed by atoms with Crippen LogP contribution in [0, 0.1) is 17.7 Å². The molecule has 3 heterocycles. The number of benzene rings is 2. The van der Waals surface area contributed by atoms with E-state index in [4.69, 9.17) is 4.98 Å². The van der Waals surface area contributed by atoms with Gasteiger partial charge in [-0.25, -0.2) is 9.37 Å². The minimum atomic E-state index is -0.306. The van der Waals surface area contributed by atoms with Crippen LogP contribution in [0.2, 0.25) is 0 Å². The number of rotatable bonds is 4. The predicted octanol–water partition coefficient (Wildman–Crippen LogP) is 6.91. The van der Waals surface area contributed by atoms with E-state index in [9.17, 15) is 4.39 Å². The van der Waals surface area contributed by atoms with Crippen molar-refractivity contribution in [2.45, 2.75) is 13.3 Å². The number of nitrogens with one attached hydrogen (secondary N) is 1. The summed E-state index contributed by atoms with van der Waals surface area (Å²) in [5.41, 5.74) is 4.19. The Kier molecular flexibility index (Phi) is 5.45. The number of anilines is 2. The molecule has 5 heteroatoms. The Bertz CT molecular complexity index is 1450. The molecule has 0 bridgehead atoms. The number of aryl methyl sites for hydroxylation is 1. The second kappa shape index (κ2) is 8.70. The molecule has 0 radical (unpaired) electrons. The van der Waals surface area contributed by atoms with Crippen molar-refractivity contribution >= 4 is 28.5 Å². The fraction of sp³-hybridized carbons (Fsp3) is 0.0741. The normalized spacial score (nSPS) is 10.7. The van der Waals surface area contributed by atoms with Crippen LogP contribution in [0.5, 0.6) is 0 Å². The second-order valence-corrected chi connectivity index (χ2v) is 8.39. The van der Waals surface area contributed by atoms with Crippen LogP contribution in [-0.2, 0) is 6.42 Å². The number of hydrogen-bond acceptors (Lipinski definition) is 3. The number of nitrogens with zero attached hydrogens (tertiary/aromatic N) is 2. The Morgan fingerprint density at radius 2 is 1.78 bits per heavy atom. The van der Waals surface area contributed by atoms with E-state index in [1.165, 1.54) is 11.6 Å². The van der Waals surface area contributed by atoms with E-state index < -0.39 is 0 Å². The van der Waals surface area contributed by atoms with Gasteiger partial charge < -0.3 is 5.32 Å². The summed E-state index contributed by atoms with van der Waals surface area (Å²) in [6, 6.07) is 24.7. The molecule has 0 spiro atoms. The Morgan fingerprint density at radius 3 is 2.59 bits per heavy atom. The van der Waals surface area contributed by atoms with Crippen molar-refractivity contribution < 1.29 is 4.39 Å². The number of fused-ring (bicyclic) bond motifs is 1. The van der Waals surface area contributed by atoms with Gasteiger partial charge in [0.2, 0.25) is 0 Å². The van der Waals surface area contributed by atoms with Crippen LogP contribution in [0.1, 0.15) is 22.9 Å². The van der Waals surface area contributed by atoms with Crippen LogP contribution in [0.15, 0.2) is 85.1 Å². The smallest absolute Gasteiger partial charge is 0.146 e. The summed E-state index contributed by atoms with van der Waals surface area (Å²) < 4.78 is 16.4. The Morgan fingerprint density at radius 1 is 0.969 bits per heavy atom. The molecule has 0 amide bonds. The molecule has 0 aliphatic heterocycles. The first-order valence-electron chi connectivity index (χ1n) is 10.4. The van der Waals surface area contributed by atoms with Gasteiger partial charge in [-0.3, -0.25) is 4.40 Å². The molecule has 5 rings (SSSR count). The van der Waals surface area contributed by atoms with Crippen molar-refractivity contribution in [3.05, 3.63) is 107 Å². The second-order valence-electron chi connectivity index (χ2n) is 7.31. The van der Waals surface area contributed by atoms with Crippen LogP contribution < -0.4 is 5.32 Å². The van der Waals surface area contributed by atoms with Crippen LogP contribution in [0.3, 0.4) is 0 Å². The average molecular weight is 438 g/mol. The van der Waals surface area contributed by atoms with Crippen LogP contribution in [-0.4, -0.2) is 9.38 Å². The zero-order valence-electron chi connectivity index (χ0n) is 17.5. The van der Waals surface area contributed by atoms with Crippen molar-refractivity contribution in [1.29, 1.82) is 0 Å². The number of thiophene rings is 1. The van der Waals surface area contributed by atoms with Gasteiger partial charge >= 0.3 is 0 Å². The molecule has 0 saturated heterocycles. The van der Waals surface area contributed by atoms with E-state index in [1.54, 1.807) is 23.5 Å². The van der Waals surface area contributed by atoms with E-state index in [-0.39, 0.29) is 5.82 Å². The molecule has 2 aromatic carbocycles. The lowest BCUT2D eigenvalue weighted by Crippen LogP contribution is -1.99. The fourth-order valence-electron chi connectivity index (χ4n) is 3.48. The summed E-state index contributed by atoms with van der Waals surface area (Å²) in [4.78, 5) is 6.82. The fourth-order valence-corrected chi connectivity index (χ4v) is 4.33. The van der Waals surface area contributed by atoms with Crippen LogP contribution in [0.25, 0.3) is 16.2 Å². The molecule has 3 nitrogen and oxygen atoms in total. The third-order valence-electron chi connectivity index (χ3n) is 5.17. The Balaban J connectivity index is 1.58. The maximum atomic E-state index is 14.4. The first-order valence-corrected chi connectivity index (χ1v) is 11.2. The topological polar surface area (TPSA) is 29.3 Å². The quantitative estimate of drug-likeness (QED) is 0.310. The van der Waals surface area contributed by atoms with Gasteiger partial charge in [0.05, 0.1) is 15.4 Å². The molecule has 1 N–H and O–H groups in total. The van der Waals surface area contributed by atoms with Crippen molar-refractivity contribution in [3.8, 4) is 22.4 Å². The molecule has 0 fully saturated rings. The number of hydrogen-bond donors (Lipinski definition) is 1. The molecule has 5 aromatic rings. The zero-order valence-corrected chi connectivity index (χ0v) is 18.3. The highest BCUT2D eigenvalue weighted by atomic mass is 32.1. The lowest BCUT2D eigenvalue weighted by Gasteiger charge is -2.09. The molecule has 32 heavy (non-hydrogen) atoms. The van der Waals surface area contributed by atoms with E-state index in [0.29, 0.717) is 5.69 Å². The lowest BCUT2D eigenvalue weighted by molar-refractivity contribution is 0.632. The van der Waals surface area contributed by atoms with Gasteiger partial charge in [0.1, 0.15) is 23.0 Å². The van der Waals surface area contributed by atoms with Gasteiger partial charge in [-0.2, -0.15) is 0 Å². The molecular weight excluding hydrogens is 417 g/mol. The monoisotopic (exact) mass is 437 g/mol. The summed E-state index contributed by atoms with van der Waals surface area (Å²) in [5.74, 6) is 6.86. The summed E-state index contributed by atoms with van der Waals surface area (Å²) in [7, 11) is 0. The third kappa shape index (κ3) is 4.01. The number of pyridine rings is 1. The highest BCUT2D eigenvalue weighted by Gasteiger charge is 2.17. The highest BCUT2D eigenvalue weighted by molar-refractivity contribution is 7.16. The van der Waals surface area contributed by atoms with E-state index >= 15 is 0 Å². The largest absolute Gasteiger partial charge is 0.337 e. The van der Waals surface area contributed by atoms with E-state index in [1.807, 2.05) is 59.1 Å². The van der Waals surface area contributed by atoms with Crippen LogP contribution in [0.4, 0.5) is 15.9 Å². The summed E-state index contributed by atoms with van der Waals surface area (Å²) >= 11 is 1.58. The minimum Gasteiger partial charge on any atom is -0.337 e. The highest BCUT2D eigenvalue weighted by Crippen LogP contribution is 2.36. The molecular formula is C27H20FN3S. The third-order valence-corrected chi connectivity index (χ3v) is 6.18. The number of halogens is 1. The SMILES string of the molecule is CCc1ccn2c(Nc3ccccc3F)c(-c3ccc(C#Cc4ccccc4)s3)nc2c1. The molecule has 0 atom stereocenters. The van der Waals surface area contributed by atoms with Crippen LogP contribution >= 0.6 is 11.3 Å². The van der Waals surface area contributed by atoms with Crippen molar-refractivity contribution in [2.75, 3.05) is 5.32 Å². The molecule has 3 aromatic heterocycles. The predicted molar refractivity (Wildman–Crippen MR) is 130 cm³/mol. The maximum Gasteiger partial charge on any atom is 0.146 e. The molecule has 0 aliphatic rings. The number of para-hydroxylation sites is 1. The van der Waals surface area contributed by atoms with Crippen molar-refractivity contribution in [1.82, 2.24) is 9.38 Å². The van der Waals surface area contributed by atoms with Crippen molar-refractivity contribution in [2.24, 2.45) is 0 Å². The molecule has 0 aliphatic carbocycles. The average Bonchev–Trinajstić information content (AvgIpc) is 3.44. The number of imidazole rings is 1. The maximum absolute atomic E-state index is 14.4. The van der Waals surface area contributed by atoms with Gasteiger partial charge in [-0.05, 0) is 60.5 Å². The minimum absolute atomic E-state index is 0.306. The Hall–Kier alpha value is -3.88. The number of aromatic nitrogens is 2. The summed E-state index contributed by atoms with van der Waals surface area (Å²) in [5, 5.41) is 3.26. The Labute approximate surface area is 190 Å². The molecule has 156 valence electrons. The van der Waals surface area contributed by atoms with Crippen molar-refractivity contribution in [3.63, 3.8) is 0 Å². The van der Waals surface area contributed by atoms with Gasteiger partial charge in [0.25, 0.3) is 0 Å². The van der Waals surface area contributed by atoms with Gasteiger partial charge in [-0.15, -0.1) is 11.3 Å². The van der Waals surface area contributed by atoms with Gasteiger partial charge in [0.15, 0.2) is 0 Å². The first kappa shape index (κ1) is 20.0. The van der Waals surface area contributed by atoms with Gasteiger partial charge in [-0.1, -0.05) is 49.1 Å². The zero-order chi connectivity index (χ0) is 21.9. The standard InChI is InChI=1S/C27H20FN3S/c1-2-19-16-17-31-25(18-19)30-26(27(31)29-23-11-7-6-10-22(23)28)24-15-14-21(32-24)13-12-20-8-4-3-5-9-20/h3-11,14-18,29H,2H2,1H3.